The number of benzene rings is 1. The van der Waals surface area contributed by atoms with Crippen molar-refractivity contribution in [1.82, 2.24) is 4.90 Å². The van der Waals surface area contributed by atoms with Crippen molar-refractivity contribution in [2.24, 2.45) is 0 Å². The lowest BCUT2D eigenvalue weighted by atomic mass is 10.2. The number of thioether (sulfide) groups is 1. The molecule has 1 aliphatic heterocycles. The van der Waals surface area contributed by atoms with Crippen LogP contribution in [-0.4, -0.2) is 48.9 Å². The minimum Gasteiger partial charge on any atom is -0.493 e. The number of nitrogens with zero attached hydrogens (tertiary/aromatic N) is 1. The van der Waals surface area contributed by atoms with Gasteiger partial charge in [-0.3, -0.25) is 19.3 Å². The van der Waals surface area contributed by atoms with E-state index < -0.39 is 23.7 Å². The van der Waals surface area contributed by atoms with Crippen molar-refractivity contribution >= 4 is 50.9 Å². The highest BCUT2D eigenvalue weighted by Crippen LogP contribution is 2.38. The van der Waals surface area contributed by atoms with Crippen LogP contribution in [0.15, 0.2) is 21.5 Å². The van der Waals surface area contributed by atoms with E-state index in [2.05, 4.69) is 15.9 Å². The van der Waals surface area contributed by atoms with Crippen LogP contribution >= 0.6 is 27.7 Å². The van der Waals surface area contributed by atoms with Crippen LogP contribution in [-0.2, 0) is 14.3 Å². The van der Waals surface area contributed by atoms with E-state index in [0.29, 0.717) is 28.0 Å². The van der Waals surface area contributed by atoms with Crippen LogP contribution in [0.25, 0.3) is 6.08 Å². The van der Waals surface area contributed by atoms with E-state index in [1.54, 1.807) is 25.1 Å². The second-order valence-corrected chi connectivity index (χ2v) is 7.56. The van der Waals surface area contributed by atoms with Crippen LogP contribution < -0.4 is 9.47 Å². The minimum absolute atomic E-state index is 0.218. The van der Waals surface area contributed by atoms with Gasteiger partial charge >= 0.3 is 5.97 Å². The molecule has 0 radical (unpaired) electrons. The first-order valence-electron chi connectivity index (χ1n) is 8.17. The van der Waals surface area contributed by atoms with Gasteiger partial charge in [-0.05, 0) is 64.8 Å². The van der Waals surface area contributed by atoms with E-state index in [0.717, 1.165) is 16.7 Å². The molecule has 146 valence electrons. The lowest BCUT2D eigenvalue weighted by Crippen LogP contribution is -2.35. The van der Waals surface area contributed by atoms with Gasteiger partial charge in [0.15, 0.2) is 11.5 Å². The molecule has 1 heterocycles. The highest BCUT2D eigenvalue weighted by atomic mass is 79.9. The Balaban J connectivity index is 2.21. The van der Waals surface area contributed by atoms with Crippen molar-refractivity contribution < 1.29 is 28.6 Å². The van der Waals surface area contributed by atoms with Crippen LogP contribution in [0, 0.1) is 0 Å². The number of imide groups is 1. The van der Waals surface area contributed by atoms with Gasteiger partial charge in [0.2, 0.25) is 0 Å². The predicted molar refractivity (Wildman–Crippen MR) is 106 cm³/mol. The van der Waals surface area contributed by atoms with E-state index in [9.17, 15) is 14.4 Å². The highest BCUT2D eigenvalue weighted by Gasteiger charge is 2.37. The van der Waals surface area contributed by atoms with Gasteiger partial charge in [-0.2, -0.15) is 0 Å². The summed E-state index contributed by atoms with van der Waals surface area (Å²) in [6, 6.07) is 3.43. The van der Waals surface area contributed by atoms with Gasteiger partial charge in [0.1, 0.15) is 6.54 Å². The Labute approximate surface area is 170 Å². The van der Waals surface area contributed by atoms with Gasteiger partial charge in [-0.1, -0.05) is 6.92 Å². The van der Waals surface area contributed by atoms with Crippen LogP contribution in [0.3, 0.4) is 0 Å². The summed E-state index contributed by atoms with van der Waals surface area (Å²) in [6.07, 6.45) is 1.95. The fourth-order valence-electron chi connectivity index (χ4n) is 2.28. The smallest absolute Gasteiger partial charge is 0.326 e. The average Bonchev–Trinajstić information content (AvgIpc) is 2.88. The fourth-order valence-corrected chi connectivity index (χ4v) is 3.74. The van der Waals surface area contributed by atoms with Gasteiger partial charge in [-0.15, -0.1) is 0 Å². The van der Waals surface area contributed by atoms with Crippen molar-refractivity contribution in [2.45, 2.75) is 26.4 Å². The predicted octanol–water partition coefficient (Wildman–Crippen LogP) is 3.84. The summed E-state index contributed by atoms with van der Waals surface area (Å²) < 4.78 is 16.3. The molecule has 1 aliphatic rings. The molecule has 1 fully saturated rings. The number of carbonyl (C=O) groups excluding carboxylic acids is 3. The summed E-state index contributed by atoms with van der Waals surface area (Å²) in [5, 5.41) is -0.508. The SMILES string of the molecule is CC[C@H](C)OC(=O)CN1C(=O)S/C(=C/c2cc(Br)c(OC)c(OC)c2)C1=O. The first kappa shape index (κ1) is 21.3. The lowest BCUT2D eigenvalue weighted by molar-refractivity contribution is -0.150. The summed E-state index contributed by atoms with van der Waals surface area (Å²) in [5.74, 6) is -0.135. The van der Waals surface area contributed by atoms with Crippen molar-refractivity contribution in [1.29, 1.82) is 0 Å². The monoisotopic (exact) mass is 457 g/mol. The Morgan fingerprint density at radius 3 is 2.59 bits per heavy atom. The van der Waals surface area contributed by atoms with E-state index >= 15 is 0 Å². The Morgan fingerprint density at radius 2 is 2.00 bits per heavy atom. The average molecular weight is 458 g/mol. The molecule has 0 spiro atoms. The Hall–Kier alpha value is -2.00. The highest BCUT2D eigenvalue weighted by molar-refractivity contribution is 9.10. The zero-order chi connectivity index (χ0) is 20.1. The normalized spacial score (nSPS) is 16.6. The van der Waals surface area contributed by atoms with Crippen LogP contribution in [0.4, 0.5) is 4.79 Å². The molecule has 9 heteroatoms. The Morgan fingerprint density at radius 1 is 1.30 bits per heavy atom. The molecule has 0 aromatic heterocycles. The van der Waals surface area contributed by atoms with Gasteiger partial charge in [-0.25, -0.2) is 0 Å². The summed E-state index contributed by atoms with van der Waals surface area (Å²) in [5.41, 5.74) is 0.646. The first-order valence-corrected chi connectivity index (χ1v) is 9.78. The Bertz CT molecular complexity index is 794. The van der Waals surface area contributed by atoms with Crippen molar-refractivity contribution in [3.05, 3.63) is 27.1 Å². The number of ether oxygens (including phenoxy) is 3. The third-order valence-corrected chi connectivity index (χ3v) is 5.32. The van der Waals surface area contributed by atoms with Crippen molar-refractivity contribution in [3.63, 3.8) is 0 Å². The van der Waals surface area contributed by atoms with Crippen LogP contribution in [0.5, 0.6) is 11.5 Å². The first-order chi connectivity index (χ1) is 12.8. The molecule has 27 heavy (non-hydrogen) atoms. The summed E-state index contributed by atoms with van der Waals surface area (Å²) >= 11 is 4.16. The number of hydrogen-bond donors (Lipinski definition) is 0. The molecule has 0 bridgehead atoms. The number of rotatable bonds is 7. The van der Waals surface area contributed by atoms with Crippen LogP contribution in [0.2, 0.25) is 0 Å². The third kappa shape index (κ3) is 5.04. The zero-order valence-corrected chi connectivity index (χ0v) is 17.8. The molecule has 0 unspecified atom stereocenters. The molecule has 1 saturated heterocycles. The third-order valence-electron chi connectivity index (χ3n) is 3.82. The molecule has 0 aliphatic carbocycles. The van der Waals surface area contributed by atoms with Gasteiger partial charge in [0.05, 0.1) is 29.7 Å². The van der Waals surface area contributed by atoms with E-state index in [4.69, 9.17) is 14.2 Å². The van der Waals surface area contributed by atoms with Gasteiger partial charge in [0, 0.05) is 0 Å². The number of hydrogen-bond acceptors (Lipinski definition) is 7. The second kappa shape index (κ2) is 9.27. The molecular weight excluding hydrogens is 438 g/mol. The number of amides is 2. The molecule has 2 amide bonds. The molecule has 1 aromatic carbocycles. The van der Waals surface area contributed by atoms with Crippen LogP contribution in [0.1, 0.15) is 25.8 Å². The molecule has 1 atom stereocenters. The number of halogens is 1. The number of esters is 1. The molecule has 0 N–H and O–H groups in total. The molecule has 1 aromatic rings. The maximum atomic E-state index is 12.5. The minimum atomic E-state index is -0.609. The number of carbonyl (C=O) groups is 3. The quantitative estimate of drug-likeness (QED) is 0.454. The van der Waals surface area contributed by atoms with Crippen molar-refractivity contribution in [3.8, 4) is 11.5 Å². The maximum Gasteiger partial charge on any atom is 0.326 e. The standard InChI is InChI=1S/C18H20BrNO6S/c1-5-10(2)26-15(21)9-20-17(22)14(27-18(20)23)8-11-6-12(19)16(25-4)13(7-11)24-3/h6-8,10H,5,9H2,1-4H3/b14-8+/t10-/m0/s1. The molecule has 0 saturated carbocycles. The van der Waals surface area contributed by atoms with E-state index in [-0.39, 0.29) is 11.0 Å². The largest absolute Gasteiger partial charge is 0.493 e. The van der Waals surface area contributed by atoms with Crippen molar-refractivity contribution in [2.75, 3.05) is 20.8 Å². The topological polar surface area (TPSA) is 82.1 Å². The molecular formula is C18H20BrNO6S. The molecule has 7 nitrogen and oxygen atoms in total. The summed E-state index contributed by atoms with van der Waals surface area (Å²) in [6.45, 7) is 3.23. The second-order valence-electron chi connectivity index (χ2n) is 5.71. The Kier molecular flexibility index (Phi) is 7.32. The van der Waals surface area contributed by atoms with E-state index in [1.807, 2.05) is 6.92 Å². The number of methoxy groups -OCH3 is 2. The summed E-state index contributed by atoms with van der Waals surface area (Å²) in [7, 11) is 3.02. The van der Waals surface area contributed by atoms with Gasteiger partial charge < -0.3 is 14.2 Å². The molecule has 2 rings (SSSR count). The fraction of sp³-hybridized carbons (Fsp3) is 0.389. The maximum absolute atomic E-state index is 12.5. The summed E-state index contributed by atoms with van der Waals surface area (Å²) in [4.78, 5) is 37.6. The zero-order valence-electron chi connectivity index (χ0n) is 15.4. The van der Waals surface area contributed by atoms with Gasteiger partial charge in [0.25, 0.3) is 11.1 Å². The lowest BCUT2D eigenvalue weighted by Gasteiger charge is -2.14. The van der Waals surface area contributed by atoms with E-state index in [1.165, 1.54) is 14.2 Å².